The fourth-order valence-corrected chi connectivity index (χ4v) is 5.63. The Kier molecular flexibility index (Phi) is 5.12. The molecule has 0 saturated heterocycles. The molecule has 0 unspecified atom stereocenters. The molecule has 1 aromatic carbocycles. The van der Waals surface area contributed by atoms with Crippen molar-refractivity contribution in [3.05, 3.63) is 52.0 Å². The molecule has 2 heterocycles. The monoisotopic (exact) mass is 403 g/mol. The second kappa shape index (κ2) is 7.46. The smallest absolute Gasteiger partial charge is 0.134 e. The van der Waals surface area contributed by atoms with E-state index in [1.54, 1.807) is 11.3 Å². The lowest BCUT2D eigenvalue weighted by Gasteiger charge is -2.33. The summed E-state index contributed by atoms with van der Waals surface area (Å²) in [6, 6.07) is 11.3. The number of hydrogen-bond donors (Lipinski definition) is 0. The van der Waals surface area contributed by atoms with E-state index >= 15 is 0 Å². The first-order chi connectivity index (χ1) is 13.8. The minimum atomic E-state index is 0.302. The third kappa shape index (κ3) is 3.65. The van der Waals surface area contributed by atoms with Crippen LogP contribution in [-0.4, -0.2) is 10.8 Å². The van der Waals surface area contributed by atoms with Gasteiger partial charge in [0, 0.05) is 39.8 Å². The van der Waals surface area contributed by atoms with Crippen LogP contribution < -0.4 is 0 Å². The Hall–Kier alpha value is -2.38. The largest absolute Gasteiger partial charge is 0.344 e. The molecule has 0 amide bonds. The lowest BCUT2D eigenvalue weighted by atomic mass is 9.72. The molecule has 150 valence electrons. The summed E-state index contributed by atoms with van der Waals surface area (Å²) >= 11 is 1.72. The van der Waals surface area contributed by atoms with E-state index in [4.69, 9.17) is 4.99 Å². The van der Waals surface area contributed by atoms with Gasteiger partial charge in [-0.2, -0.15) is 5.26 Å². The van der Waals surface area contributed by atoms with Crippen LogP contribution in [0.25, 0.3) is 10.9 Å². The van der Waals surface area contributed by atoms with Crippen LogP contribution in [0.5, 0.6) is 0 Å². The molecule has 1 aliphatic carbocycles. The van der Waals surface area contributed by atoms with Gasteiger partial charge < -0.3 is 4.57 Å². The van der Waals surface area contributed by atoms with Crippen LogP contribution in [-0.2, 0) is 12.8 Å². The molecule has 1 atom stereocenters. The summed E-state index contributed by atoms with van der Waals surface area (Å²) in [6.07, 6.45) is 7.35. The summed E-state index contributed by atoms with van der Waals surface area (Å²) in [7, 11) is 0. The van der Waals surface area contributed by atoms with Gasteiger partial charge in [0.25, 0.3) is 0 Å². The number of para-hydroxylation sites is 1. The molecule has 4 rings (SSSR count). The van der Waals surface area contributed by atoms with Crippen LogP contribution >= 0.6 is 11.3 Å². The van der Waals surface area contributed by atoms with Gasteiger partial charge in [0.15, 0.2) is 0 Å². The van der Waals surface area contributed by atoms with Crippen LogP contribution in [0.1, 0.15) is 68.6 Å². The Bertz CT molecular complexity index is 1120. The summed E-state index contributed by atoms with van der Waals surface area (Å²) in [6.45, 7) is 11.4. The molecule has 0 bridgehead atoms. The highest BCUT2D eigenvalue weighted by Crippen LogP contribution is 2.45. The molecule has 3 aromatic rings. The van der Waals surface area contributed by atoms with E-state index in [9.17, 15) is 5.26 Å². The maximum absolute atomic E-state index is 9.81. The van der Waals surface area contributed by atoms with Crippen molar-refractivity contribution in [1.82, 2.24) is 4.57 Å². The fourth-order valence-electron chi connectivity index (χ4n) is 4.41. The van der Waals surface area contributed by atoms with E-state index in [-0.39, 0.29) is 0 Å². The van der Waals surface area contributed by atoms with Gasteiger partial charge in [0.2, 0.25) is 0 Å². The molecule has 29 heavy (non-hydrogen) atoms. The molecule has 4 heteroatoms. The Morgan fingerprint density at radius 2 is 2.03 bits per heavy atom. The van der Waals surface area contributed by atoms with Crippen LogP contribution in [0, 0.1) is 22.7 Å². The molecule has 0 fully saturated rings. The number of nitrogens with zero attached hydrogens (tertiary/aromatic N) is 3. The first-order valence-electron chi connectivity index (χ1n) is 10.5. The van der Waals surface area contributed by atoms with Crippen molar-refractivity contribution in [3.8, 4) is 6.07 Å². The number of aliphatic imine (C=N–C) groups is 1. The minimum Gasteiger partial charge on any atom is -0.344 e. The second-order valence-corrected chi connectivity index (χ2v) is 10.5. The van der Waals surface area contributed by atoms with Gasteiger partial charge >= 0.3 is 0 Å². The molecular weight excluding hydrogens is 374 g/mol. The third-order valence-electron chi connectivity index (χ3n) is 6.23. The summed E-state index contributed by atoms with van der Waals surface area (Å²) in [5, 5.41) is 11.9. The quantitative estimate of drug-likeness (QED) is 0.432. The van der Waals surface area contributed by atoms with Crippen molar-refractivity contribution in [2.24, 2.45) is 16.3 Å². The van der Waals surface area contributed by atoms with Crippen LogP contribution in [0.15, 0.2) is 35.5 Å². The number of hydrogen-bond acceptors (Lipinski definition) is 3. The molecule has 0 radical (unpaired) electrons. The van der Waals surface area contributed by atoms with Crippen LogP contribution in [0.4, 0.5) is 5.00 Å². The fraction of sp³-hybridized carbons (Fsp3) is 0.440. The van der Waals surface area contributed by atoms with Gasteiger partial charge in [-0.3, -0.25) is 0 Å². The highest BCUT2D eigenvalue weighted by molar-refractivity contribution is 7.16. The highest BCUT2D eigenvalue weighted by atomic mass is 32.1. The zero-order chi connectivity index (χ0) is 20.8. The maximum Gasteiger partial charge on any atom is 0.134 e. The molecule has 1 aliphatic rings. The summed E-state index contributed by atoms with van der Waals surface area (Å²) in [4.78, 5) is 6.19. The van der Waals surface area contributed by atoms with E-state index in [2.05, 4.69) is 75.7 Å². The number of fused-ring (bicyclic) bond motifs is 2. The molecule has 0 saturated carbocycles. The minimum absolute atomic E-state index is 0.302. The number of nitriles is 1. The Labute approximate surface area is 177 Å². The van der Waals surface area contributed by atoms with Gasteiger partial charge in [0.05, 0.1) is 5.56 Å². The summed E-state index contributed by atoms with van der Waals surface area (Å²) in [5.74, 6) is 0.668. The van der Waals surface area contributed by atoms with Gasteiger partial charge in [-0.25, -0.2) is 4.99 Å². The molecule has 2 aromatic heterocycles. The standard InChI is InChI=1S/C25H29N3S/c1-16(2)28-15-17(19-8-6-7-9-22(19)28)14-27-24-21(13-26)20-11-10-18(25(3,4)5)12-23(20)29-24/h6-9,14-16,18H,10-12H2,1-5H3/t18-/m1/s1. The van der Waals surface area contributed by atoms with Gasteiger partial charge in [0.1, 0.15) is 11.1 Å². The van der Waals surface area contributed by atoms with Gasteiger partial charge in [-0.1, -0.05) is 39.0 Å². The van der Waals surface area contributed by atoms with E-state index in [1.165, 1.54) is 21.3 Å². The average molecular weight is 404 g/mol. The Morgan fingerprint density at radius 1 is 1.28 bits per heavy atom. The van der Waals surface area contributed by atoms with Crippen LogP contribution in [0.3, 0.4) is 0 Å². The van der Waals surface area contributed by atoms with E-state index in [0.717, 1.165) is 35.4 Å². The maximum atomic E-state index is 9.81. The van der Waals surface area contributed by atoms with Crippen molar-refractivity contribution >= 4 is 33.5 Å². The summed E-state index contributed by atoms with van der Waals surface area (Å²) in [5.41, 5.74) is 4.67. The van der Waals surface area contributed by atoms with E-state index in [1.807, 2.05) is 6.21 Å². The number of thiophene rings is 1. The lowest BCUT2D eigenvalue weighted by molar-refractivity contribution is 0.218. The molecule has 0 N–H and O–H groups in total. The van der Waals surface area contributed by atoms with E-state index in [0.29, 0.717) is 17.4 Å². The highest BCUT2D eigenvalue weighted by Gasteiger charge is 2.32. The Balaban J connectivity index is 1.71. The first kappa shape index (κ1) is 19.9. The third-order valence-corrected chi connectivity index (χ3v) is 7.39. The Morgan fingerprint density at radius 3 is 2.72 bits per heavy atom. The summed E-state index contributed by atoms with van der Waals surface area (Å²) < 4.78 is 2.29. The van der Waals surface area contributed by atoms with Crippen molar-refractivity contribution in [3.63, 3.8) is 0 Å². The lowest BCUT2D eigenvalue weighted by Crippen LogP contribution is -2.26. The second-order valence-electron chi connectivity index (χ2n) is 9.46. The normalized spacial score (nSPS) is 17.2. The molecule has 0 aliphatic heterocycles. The SMILES string of the molecule is CC(C)n1cc(C=Nc2sc3c(c2C#N)CC[C@@H](C(C)(C)C)C3)c2ccccc21. The van der Waals surface area contributed by atoms with Crippen molar-refractivity contribution < 1.29 is 0 Å². The number of rotatable bonds is 3. The van der Waals surface area contributed by atoms with Crippen molar-refractivity contribution in [2.75, 3.05) is 0 Å². The molecule has 3 nitrogen and oxygen atoms in total. The first-order valence-corrected chi connectivity index (χ1v) is 11.3. The van der Waals surface area contributed by atoms with Crippen molar-refractivity contribution in [1.29, 1.82) is 5.26 Å². The van der Waals surface area contributed by atoms with E-state index < -0.39 is 0 Å². The molecule has 0 spiro atoms. The zero-order valence-corrected chi connectivity index (χ0v) is 18.8. The predicted octanol–water partition coefficient (Wildman–Crippen LogP) is 7.06. The topological polar surface area (TPSA) is 41.1 Å². The zero-order valence-electron chi connectivity index (χ0n) is 18.0. The number of benzene rings is 1. The van der Waals surface area contributed by atoms with Gasteiger partial charge in [-0.05, 0) is 56.1 Å². The number of aromatic nitrogens is 1. The van der Waals surface area contributed by atoms with Gasteiger partial charge in [-0.15, -0.1) is 11.3 Å². The van der Waals surface area contributed by atoms with Crippen LogP contribution in [0.2, 0.25) is 0 Å². The van der Waals surface area contributed by atoms with Crippen molar-refractivity contribution in [2.45, 2.75) is 59.9 Å². The molecular formula is C25H29N3S. The predicted molar refractivity (Wildman–Crippen MR) is 124 cm³/mol. The average Bonchev–Trinajstić information content (AvgIpc) is 3.23.